The Labute approximate surface area is 177 Å². The van der Waals surface area contributed by atoms with Gasteiger partial charge < -0.3 is 15.1 Å². The lowest BCUT2D eigenvalue weighted by molar-refractivity contribution is 0.0672. The molecule has 1 aliphatic rings. The first kappa shape index (κ1) is 20.7. The first-order valence-corrected chi connectivity index (χ1v) is 10.1. The molecule has 1 aliphatic heterocycles. The Bertz CT molecular complexity index is 879. The molecule has 0 spiro atoms. The van der Waals surface area contributed by atoms with E-state index >= 15 is 0 Å². The fraction of sp³-hybridized carbons (Fsp3) is 0.208. The molecule has 2 aromatic carbocycles. The molecular formula is C24H26ClN3O. The number of halogens is 1. The van der Waals surface area contributed by atoms with Crippen LogP contribution >= 0.6 is 11.6 Å². The van der Waals surface area contributed by atoms with Gasteiger partial charge in [0.25, 0.3) is 5.91 Å². The van der Waals surface area contributed by atoms with Crippen LogP contribution in [-0.4, -0.2) is 41.9 Å². The number of piperazine rings is 1. The highest BCUT2D eigenvalue weighted by Gasteiger charge is 2.22. The predicted molar refractivity (Wildman–Crippen MR) is 121 cm³/mol. The van der Waals surface area contributed by atoms with Crippen molar-refractivity contribution >= 4 is 23.2 Å². The van der Waals surface area contributed by atoms with Crippen LogP contribution in [0.2, 0.25) is 5.02 Å². The molecule has 1 heterocycles. The minimum Gasteiger partial charge on any atom is -0.381 e. The van der Waals surface area contributed by atoms with Crippen molar-refractivity contribution in [3.63, 3.8) is 0 Å². The third-order valence-corrected chi connectivity index (χ3v) is 5.22. The third kappa shape index (κ3) is 5.52. The van der Waals surface area contributed by atoms with E-state index in [-0.39, 0.29) is 5.91 Å². The van der Waals surface area contributed by atoms with Gasteiger partial charge in [0.1, 0.15) is 0 Å². The summed E-state index contributed by atoms with van der Waals surface area (Å²) < 4.78 is 0. The van der Waals surface area contributed by atoms with Crippen LogP contribution < -0.4 is 5.32 Å². The maximum absolute atomic E-state index is 12.8. The van der Waals surface area contributed by atoms with Gasteiger partial charge in [-0.1, -0.05) is 43.0 Å². The molecule has 5 heteroatoms. The average molecular weight is 408 g/mol. The second-order valence-electron chi connectivity index (χ2n) is 6.87. The van der Waals surface area contributed by atoms with Gasteiger partial charge in [0.2, 0.25) is 0 Å². The molecule has 0 saturated carbocycles. The zero-order valence-electron chi connectivity index (χ0n) is 16.5. The monoisotopic (exact) mass is 407 g/mol. The van der Waals surface area contributed by atoms with E-state index < -0.39 is 0 Å². The Hall–Kier alpha value is -2.98. The molecule has 150 valence electrons. The maximum Gasteiger partial charge on any atom is 0.253 e. The smallest absolute Gasteiger partial charge is 0.253 e. The van der Waals surface area contributed by atoms with Crippen LogP contribution in [0.25, 0.3) is 0 Å². The highest BCUT2D eigenvalue weighted by atomic mass is 35.5. The first-order chi connectivity index (χ1) is 14.1. The molecule has 0 bridgehead atoms. The molecule has 1 fully saturated rings. The van der Waals surface area contributed by atoms with Gasteiger partial charge in [0, 0.05) is 54.7 Å². The van der Waals surface area contributed by atoms with Crippen LogP contribution in [0, 0.1) is 0 Å². The molecule has 1 N–H and O–H groups in total. The van der Waals surface area contributed by atoms with Crippen LogP contribution in [0.15, 0.2) is 85.6 Å². The summed E-state index contributed by atoms with van der Waals surface area (Å²) in [4.78, 5) is 16.9. The van der Waals surface area contributed by atoms with Crippen LogP contribution in [0.1, 0.15) is 15.9 Å². The van der Waals surface area contributed by atoms with E-state index in [4.69, 9.17) is 11.6 Å². The first-order valence-electron chi connectivity index (χ1n) is 9.68. The van der Waals surface area contributed by atoms with Gasteiger partial charge in [-0.3, -0.25) is 4.79 Å². The molecule has 3 rings (SSSR count). The van der Waals surface area contributed by atoms with Crippen molar-refractivity contribution in [2.24, 2.45) is 0 Å². The summed E-state index contributed by atoms with van der Waals surface area (Å²) in [6.07, 6.45) is 5.53. The van der Waals surface area contributed by atoms with E-state index in [0.29, 0.717) is 25.2 Å². The summed E-state index contributed by atoms with van der Waals surface area (Å²) in [5.74, 6) is 0.0711. The van der Waals surface area contributed by atoms with E-state index in [0.717, 1.165) is 35.1 Å². The van der Waals surface area contributed by atoms with Crippen LogP contribution in [0.3, 0.4) is 0 Å². The number of benzene rings is 2. The molecule has 1 amide bonds. The molecule has 1 saturated heterocycles. The van der Waals surface area contributed by atoms with E-state index in [9.17, 15) is 4.79 Å². The van der Waals surface area contributed by atoms with Crippen molar-refractivity contribution in [3.8, 4) is 0 Å². The quantitative estimate of drug-likeness (QED) is 0.658. The maximum atomic E-state index is 12.8. The highest BCUT2D eigenvalue weighted by molar-refractivity contribution is 6.30. The molecule has 0 radical (unpaired) electrons. The van der Waals surface area contributed by atoms with Crippen LogP contribution in [0.5, 0.6) is 0 Å². The zero-order valence-corrected chi connectivity index (χ0v) is 17.2. The van der Waals surface area contributed by atoms with Gasteiger partial charge in [-0.05, 0) is 54.1 Å². The Kier molecular flexibility index (Phi) is 7.14. The molecule has 0 unspecified atom stereocenters. The third-order valence-electron chi connectivity index (χ3n) is 4.97. The fourth-order valence-electron chi connectivity index (χ4n) is 3.31. The van der Waals surface area contributed by atoms with E-state index in [2.05, 4.69) is 23.4 Å². The van der Waals surface area contributed by atoms with Gasteiger partial charge in [-0.15, -0.1) is 0 Å². The molecular weight excluding hydrogens is 382 g/mol. The Morgan fingerprint density at radius 2 is 1.59 bits per heavy atom. The van der Waals surface area contributed by atoms with Crippen LogP contribution in [0.4, 0.5) is 5.69 Å². The number of hydrogen-bond donors (Lipinski definition) is 1. The van der Waals surface area contributed by atoms with Gasteiger partial charge in [0.05, 0.1) is 0 Å². The SMILES string of the molecule is C=C/C=C(\C=C)N1CCN(C(=O)c2ccc(NCc3ccc(Cl)cc3)cc2)CC1. The Balaban J connectivity index is 1.54. The number of nitrogens with one attached hydrogen (secondary N) is 1. The largest absolute Gasteiger partial charge is 0.381 e. The molecule has 29 heavy (non-hydrogen) atoms. The zero-order chi connectivity index (χ0) is 20.6. The topological polar surface area (TPSA) is 35.6 Å². The van der Waals surface area contributed by atoms with Gasteiger partial charge in [-0.25, -0.2) is 0 Å². The number of carbonyl (C=O) groups is 1. The van der Waals surface area contributed by atoms with Crippen molar-refractivity contribution in [3.05, 3.63) is 102 Å². The minimum atomic E-state index is 0.0711. The lowest BCUT2D eigenvalue weighted by Gasteiger charge is -2.36. The van der Waals surface area contributed by atoms with E-state index in [1.54, 1.807) is 6.08 Å². The van der Waals surface area contributed by atoms with Gasteiger partial charge in [-0.2, -0.15) is 0 Å². The van der Waals surface area contributed by atoms with Gasteiger partial charge in [0.15, 0.2) is 0 Å². The number of anilines is 1. The summed E-state index contributed by atoms with van der Waals surface area (Å²) in [5, 5.41) is 4.10. The second kappa shape index (κ2) is 9.99. The summed E-state index contributed by atoms with van der Waals surface area (Å²) in [6, 6.07) is 15.4. The van der Waals surface area contributed by atoms with Crippen molar-refractivity contribution in [1.82, 2.24) is 9.80 Å². The average Bonchev–Trinajstić information content (AvgIpc) is 2.77. The van der Waals surface area contributed by atoms with Crippen molar-refractivity contribution in [2.75, 3.05) is 31.5 Å². The van der Waals surface area contributed by atoms with Crippen molar-refractivity contribution < 1.29 is 4.79 Å². The number of allylic oxidation sites excluding steroid dienone is 3. The summed E-state index contributed by atoms with van der Waals surface area (Å²) in [7, 11) is 0. The summed E-state index contributed by atoms with van der Waals surface area (Å²) >= 11 is 5.91. The fourth-order valence-corrected chi connectivity index (χ4v) is 3.44. The van der Waals surface area contributed by atoms with E-state index in [1.165, 1.54) is 0 Å². The molecule has 4 nitrogen and oxygen atoms in total. The van der Waals surface area contributed by atoms with Gasteiger partial charge >= 0.3 is 0 Å². The second-order valence-corrected chi connectivity index (χ2v) is 7.30. The molecule has 0 atom stereocenters. The lowest BCUT2D eigenvalue weighted by atomic mass is 10.1. The van der Waals surface area contributed by atoms with Crippen molar-refractivity contribution in [1.29, 1.82) is 0 Å². The number of carbonyl (C=O) groups excluding carboxylic acids is 1. The van der Waals surface area contributed by atoms with Crippen LogP contribution in [-0.2, 0) is 6.54 Å². The summed E-state index contributed by atoms with van der Waals surface area (Å²) in [5.41, 5.74) is 3.88. The number of hydrogen-bond acceptors (Lipinski definition) is 3. The number of amides is 1. The number of rotatable bonds is 7. The Morgan fingerprint density at radius 1 is 0.966 bits per heavy atom. The number of nitrogens with zero attached hydrogens (tertiary/aromatic N) is 2. The highest BCUT2D eigenvalue weighted by Crippen LogP contribution is 2.17. The standard InChI is InChI=1S/C24H26ClN3O/c1-3-5-23(4-2)27-14-16-28(17-15-27)24(29)20-8-12-22(13-9-20)26-18-19-6-10-21(25)11-7-19/h3-13,26H,1-2,14-18H2/b23-5+. The van der Waals surface area contributed by atoms with E-state index in [1.807, 2.05) is 65.6 Å². The lowest BCUT2D eigenvalue weighted by Crippen LogP contribution is -2.48. The predicted octanol–water partition coefficient (Wildman–Crippen LogP) is 4.97. The minimum absolute atomic E-state index is 0.0711. The summed E-state index contributed by atoms with van der Waals surface area (Å²) in [6.45, 7) is 11.3. The van der Waals surface area contributed by atoms with Crippen molar-refractivity contribution in [2.45, 2.75) is 6.54 Å². The Morgan fingerprint density at radius 3 is 2.17 bits per heavy atom. The molecule has 0 aromatic heterocycles. The molecule has 0 aliphatic carbocycles. The normalized spacial score (nSPS) is 14.4. The molecule has 2 aromatic rings.